The fourth-order valence-electron chi connectivity index (χ4n) is 1.46. The topological polar surface area (TPSA) is 55.1 Å². The van der Waals surface area contributed by atoms with E-state index >= 15 is 0 Å². The van der Waals surface area contributed by atoms with Crippen LogP contribution in [0.3, 0.4) is 0 Å². The molecule has 0 spiro atoms. The third kappa shape index (κ3) is 3.25. The molecule has 1 amide bonds. The molecule has 3 N–H and O–H groups in total. The highest BCUT2D eigenvalue weighted by molar-refractivity contribution is 7.80. The SMILES string of the molecule is CC(C(=O)NCCC1CCC1)C(N)=S. The average molecular weight is 214 g/mol. The molecule has 1 fully saturated rings. The first-order chi connectivity index (χ1) is 6.61. The number of thiocarbonyl (C=S) groups is 1. The standard InChI is InChI=1S/C10H18N2OS/c1-7(9(11)14)10(13)12-6-5-8-3-2-4-8/h7-8H,2-6H2,1H3,(H2,11,14)(H,12,13). The maximum Gasteiger partial charge on any atom is 0.229 e. The van der Waals surface area contributed by atoms with Crippen molar-refractivity contribution in [2.45, 2.75) is 32.6 Å². The van der Waals surface area contributed by atoms with Crippen molar-refractivity contribution >= 4 is 23.1 Å². The molecular formula is C10H18N2OS. The molecule has 1 aliphatic rings. The van der Waals surface area contributed by atoms with Crippen molar-refractivity contribution in [2.75, 3.05) is 6.54 Å². The van der Waals surface area contributed by atoms with Gasteiger partial charge in [0.15, 0.2) is 0 Å². The Morgan fingerprint density at radius 1 is 1.64 bits per heavy atom. The van der Waals surface area contributed by atoms with Crippen LogP contribution in [0.1, 0.15) is 32.6 Å². The van der Waals surface area contributed by atoms with Gasteiger partial charge in [0, 0.05) is 6.54 Å². The fraction of sp³-hybridized carbons (Fsp3) is 0.800. The molecule has 1 rings (SSSR count). The summed E-state index contributed by atoms with van der Waals surface area (Å²) in [6.45, 7) is 2.50. The van der Waals surface area contributed by atoms with Gasteiger partial charge < -0.3 is 11.1 Å². The van der Waals surface area contributed by atoms with E-state index in [1.807, 2.05) is 0 Å². The molecule has 1 aliphatic carbocycles. The number of hydrogen-bond donors (Lipinski definition) is 2. The summed E-state index contributed by atoms with van der Waals surface area (Å²) in [5, 5.41) is 2.86. The Labute approximate surface area is 90.4 Å². The molecule has 0 aromatic rings. The highest BCUT2D eigenvalue weighted by atomic mass is 32.1. The summed E-state index contributed by atoms with van der Waals surface area (Å²) >= 11 is 4.75. The van der Waals surface area contributed by atoms with E-state index in [2.05, 4.69) is 5.32 Å². The minimum Gasteiger partial charge on any atom is -0.393 e. The molecule has 0 saturated heterocycles. The van der Waals surface area contributed by atoms with Crippen LogP contribution in [0.4, 0.5) is 0 Å². The number of rotatable bonds is 5. The van der Waals surface area contributed by atoms with Gasteiger partial charge in [-0.05, 0) is 19.3 Å². The Morgan fingerprint density at radius 2 is 2.29 bits per heavy atom. The molecule has 1 unspecified atom stereocenters. The maximum atomic E-state index is 11.4. The summed E-state index contributed by atoms with van der Waals surface area (Å²) < 4.78 is 0. The Kier molecular flexibility index (Phi) is 4.32. The van der Waals surface area contributed by atoms with Crippen LogP contribution < -0.4 is 11.1 Å². The summed E-state index contributed by atoms with van der Waals surface area (Å²) in [4.78, 5) is 11.7. The second-order valence-corrected chi connectivity index (χ2v) is 4.47. The lowest BCUT2D eigenvalue weighted by Gasteiger charge is -2.25. The van der Waals surface area contributed by atoms with Crippen LogP contribution in [-0.4, -0.2) is 17.4 Å². The first-order valence-corrected chi connectivity index (χ1v) is 5.59. The van der Waals surface area contributed by atoms with Crippen molar-refractivity contribution < 1.29 is 4.79 Å². The van der Waals surface area contributed by atoms with Gasteiger partial charge in [-0.1, -0.05) is 31.5 Å². The molecule has 80 valence electrons. The molecular weight excluding hydrogens is 196 g/mol. The van der Waals surface area contributed by atoms with Gasteiger partial charge >= 0.3 is 0 Å². The van der Waals surface area contributed by atoms with Crippen molar-refractivity contribution in [3.63, 3.8) is 0 Å². The Balaban J connectivity index is 2.10. The smallest absolute Gasteiger partial charge is 0.229 e. The number of hydrogen-bond acceptors (Lipinski definition) is 2. The Bertz CT molecular complexity index is 226. The van der Waals surface area contributed by atoms with Gasteiger partial charge in [0.2, 0.25) is 5.91 Å². The van der Waals surface area contributed by atoms with E-state index in [9.17, 15) is 4.79 Å². The molecule has 0 radical (unpaired) electrons. The average Bonchev–Trinajstić information content (AvgIpc) is 2.07. The van der Waals surface area contributed by atoms with Crippen LogP contribution >= 0.6 is 12.2 Å². The van der Waals surface area contributed by atoms with Crippen LogP contribution in [0.2, 0.25) is 0 Å². The summed E-state index contributed by atoms with van der Waals surface area (Å²) in [6.07, 6.45) is 5.08. The number of amides is 1. The van der Waals surface area contributed by atoms with E-state index in [1.54, 1.807) is 6.92 Å². The second kappa shape index (κ2) is 5.29. The normalized spacial score (nSPS) is 18.4. The summed E-state index contributed by atoms with van der Waals surface area (Å²) in [7, 11) is 0. The summed E-state index contributed by atoms with van der Waals surface area (Å²) in [5.74, 6) is 0.443. The molecule has 0 heterocycles. The van der Waals surface area contributed by atoms with Crippen molar-refractivity contribution in [2.24, 2.45) is 17.6 Å². The van der Waals surface area contributed by atoms with Crippen molar-refractivity contribution in [1.82, 2.24) is 5.32 Å². The molecule has 0 aromatic heterocycles. The zero-order chi connectivity index (χ0) is 10.6. The van der Waals surface area contributed by atoms with Crippen LogP contribution in [0, 0.1) is 11.8 Å². The highest BCUT2D eigenvalue weighted by Gasteiger charge is 2.18. The Hall–Kier alpha value is -0.640. The van der Waals surface area contributed by atoms with E-state index in [0.29, 0.717) is 0 Å². The lowest BCUT2D eigenvalue weighted by molar-refractivity contribution is -0.122. The van der Waals surface area contributed by atoms with Gasteiger partial charge in [-0.15, -0.1) is 0 Å². The van der Waals surface area contributed by atoms with Crippen LogP contribution in [0.15, 0.2) is 0 Å². The van der Waals surface area contributed by atoms with Crippen molar-refractivity contribution in [3.8, 4) is 0 Å². The molecule has 0 aliphatic heterocycles. The predicted molar refractivity (Wildman–Crippen MR) is 60.9 cm³/mol. The zero-order valence-electron chi connectivity index (χ0n) is 8.58. The third-order valence-electron chi connectivity index (χ3n) is 2.90. The van der Waals surface area contributed by atoms with Crippen molar-refractivity contribution in [3.05, 3.63) is 0 Å². The molecule has 3 nitrogen and oxygen atoms in total. The minimum atomic E-state index is -0.341. The van der Waals surface area contributed by atoms with E-state index < -0.39 is 0 Å². The monoisotopic (exact) mass is 214 g/mol. The van der Waals surface area contributed by atoms with Crippen LogP contribution in [-0.2, 0) is 4.79 Å². The van der Waals surface area contributed by atoms with Crippen molar-refractivity contribution in [1.29, 1.82) is 0 Å². The maximum absolute atomic E-state index is 11.4. The van der Waals surface area contributed by atoms with Gasteiger partial charge in [-0.25, -0.2) is 0 Å². The summed E-state index contributed by atoms with van der Waals surface area (Å²) in [6, 6.07) is 0. The van der Waals surface area contributed by atoms with Crippen LogP contribution in [0.25, 0.3) is 0 Å². The molecule has 14 heavy (non-hydrogen) atoms. The number of nitrogens with two attached hydrogens (primary N) is 1. The van der Waals surface area contributed by atoms with E-state index in [0.717, 1.165) is 18.9 Å². The molecule has 1 atom stereocenters. The van der Waals surface area contributed by atoms with Gasteiger partial charge in [-0.2, -0.15) is 0 Å². The second-order valence-electron chi connectivity index (χ2n) is 4.00. The van der Waals surface area contributed by atoms with Gasteiger partial charge in [0.05, 0.1) is 10.9 Å². The lowest BCUT2D eigenvalue weighted by atomic mass is 9.83. The largest absolute Gasteiger partial charge is 0.393 e. The van der Waals surface area contributed by atoms with E-state index in [4.69, 9.17) is 18.0 Å². The molecule has 1 saturated carbocycles. The Morgan fingerprint density at radius 3 is 2.71 bits per heavy atom. The highest BCUT2D eigenvalue weighted by Crippen LogP contribution is 2.28. The van der Waals surface area contributed by atoms with Gasteiger partial charge in [0.25, 0.3) is 0 Å². The number of carbonyl (C=O) groups is 1. The fourth-order valence-corrected chi connectivity index (χ4v) is 1.57. The molecule has 0 aromatic carbocycles. The molecule has 4 heteroatoms. The van der Waals surface area contributed by atoms with E-state index in [1.165, 1.54) is 19.3 Å². The number of carbonyl (C=O) groups excluding carboxylic acids is 1. The molecule has 0 bridgehead atoms. The van der Waals surface area contributed by atoms with Gasteiger partial charge in [0.1, 0.15) is 0 Å². The minimum absolute atomic E-state index is 0.0446. The zero-order valence-corrected chi connectivity index (χ0v) is 9.40. The lowest BCUT2D eigenvalue weighted by Crippen LogP contribution is -2.37. The quantitative estimate of drug-likeness (QED) is 0.676. The first kappa shape index (κ1) is 11.4. The van der Waals surface area contributed by atoms with Crippen LogP contribution in [0.5, 0.6) is 0 Å². The first-order valence-electron chi connectivity index (χ1n) is 5.18. The van der Waals surface area contributed by atoms with E-state index in [-0.39, 0.29) is 16.8 Å². The third-order valence-corrected chi connectivity index (χ3v) is 3.25. The number of nitrogens with one attached hydrogen (secondary N) is 1. The van der Waals surface area contributed by atoms with Gasteiger partial charge in [-0.3, -0.25) is 4.79 Å². The predicted octanol–water partition coefficient (Wildman–Crippen LogP) is 1.22. The summed E-state index contributed by atoms with van der Waals surface area (Å²) in [5.41, 5.74) is 5.38.